The molecule has 3 rings (SSSR count). The summed E-state index contributed by atoms with van der Waals surface area (Å²) in [4.78, 5) is 16.1. The lowest BCUT2D eigenvalue weighted by atomic mass is 10.2. The third-order valence-electron chi connectivity index (χ3n) is 3.22. The number of hydrogen-bond donors (Lipinski definition) is 2. The molecule has 0 radical (unpaired) electrons. The van der Waals surface area contributed by atoms with Gasteiger partial charge in [-0.2, -0.15) is 0 Å². The third kappa shape index (κ3) is 3.29. The highest BCUT2D eigenvalue weighted by Crippen LogP contribution is 2.40. The standard InChI is InChI=1S/C14H17N3O2.ClH/c1-15-7-6-13(18)16-10-4-5-12-11(8-10)17-14(19-12)9-2-3-9;/h4-5,8-9,15H,2-3,6-7H2,1H3,(H,16,18);1H. The maximum absolute atomic E-state index is 11.6. The van der Waals surface area contributed by atoms with Crippen LogP contribution in [-0.2, 0) is 4.79 Å². The van der Waals surface area contributed by atoms with Crippen LogP contribution in [0.2, 0.25) is 0 Å². The van der Waals surface area contributed by atoms with E-state index in [1.165, 1.54) is 12.8 Å². The smallest absolute Gasteiger partial charge is 0.225 e. The van der Waals surface area contributed by atoms with Crippen molar-refractivity contribution in [1.29, 1.82) is 0 Å². The van der Waals surface area contributed by atoms with Crippen molar-refractivity contribution < 1.29 is 9.21 Å². The molecule has 1 aliphatic rings. The number of aromatic nitrogens is 1. The van der Waals surface area contributed by atoms with Gasteiger partial charge in [-0.1, -0.05) is 0 Å². The highest BCUT2D eigenvalue weighted by Gasteiger charge is 2.28. The van der Waals surface area contributed by atoms with Gasteiger partial charge in [0.05, 0.1) is 0 Å². The van der Waals surface area contributed by atoms with Crippen LogP contribution in [0.15, 0.2) is 22.6 Å². The van der Waals surface area contributed by atoms with Crippen LogP contribution in [-0.4, -0.2) is 24.5 Å². The monoisotopic (exact) mass is 295 g/mol. The Kier molecular flexibility index (Phi) is 4.62. The van der Waals surface area contributed by atoms with Crippen LogP contribution in [0.4, 0.5) is 5.69 Å². The van der Waals surface area contributed by atoms with Crippen molar-refractivity contribution in [3.8, 4) is 0 Å². The van der Waals surface area contributed by atoms with Crippen LogP contribution in [0.3, 0.4) is 0 Å². The molecule has 5 nitrogen and oxygen atoms in total. The second kappa shape index (κ2) is 6.24. The number of rotatable bonds is 5. The minimum absolute atomic E-state index is 0. The van der Waals surface area contributed by atoms with Crippen LogP contribution in [0.1, 0.15) is 31.1 Å². The van der Waals surface area contributed by atoms with Gasteiger partial charge in [0.15, 0.2) is 11.5 Å². The fraction of sp³-hybridized carbons (Fsp3) is 0.429. The molecule has 1 aromatic carbocycles. The van der Waals surface area contributed by atoms with Crippen molar-refractivity contribution in [3.05, 3.63) is 24.1 Å². The minimum atomic E-state index is -0.000360. The lowest BCUT2D eigenvalue weighted by Gasteiger charge is -2.04. The summed E-state index contributed by atoms with van der Waals surface area (Å²) >= 11 is 0. The van der Waals surface area contributed by atoms with E-state index in [9.17, 15) is 4.79 Å². The van der Waals surface area contributed by atoms with E-state index in [1.807, 2.05) is 25.2 Å². The van der Waals surface area contributed by atoms with E-state index >= 15 is 0 Å². The number of carbonyl (C=O) groups is 1. The first-order valence-electron chi connectivity index (χ1n) is 6.61. The zero-order valence-electron chi connectivity index (χ0n) is 11.3. The predicted octanol–water partition coefficient (Wildman–Crippen LogP) is 2.68. The molecule has 20 heavy (non-hydrogen) atoms. The van der Waals surface area contributed by atoms with Crippen LogP contribution in [0.25, 0.3) is 11.1 Å². The van der Waals surface area contributed by atoms with Gasteiger partial charge in [-0.3, -0.25) is 4.79 Å². The molecule has 108 valence electrons. The molecule has 1 heterocycles. The maximum atomic E-state index is 11.6. The van der Waals surface area contributed by atoms with Gasteiger partial charge < -0.3 is 15.1 Å². The molecule has 0 atom stereocenters. The van der Waals surface area contributed by atoms with Crippen LogP contribution in [0, 0.1) is 0 Å². The van der Waals surface area contributed by atoms with Gasteiger partial charge in [-0.15, -0.1) is 12.4 Å². The summed E-state index contributed by atoms with van der Waals surface area (Å²) in [5.74, 6) is 1.33. The van der Waals surface area contributed by atoms with Gasteiger partial charge in [0, 0.05) is 24.6 Å². The number of halogens is 1. The molecule has 0 spiro atoms. The molecule has 6 heteroatoms. The number of hydrogen-bond acceptors (Lipinski definition) is 4. The first-order chi connectivity index (χ1) is 9.26. The molecule has 1 aliphatic carbocycles. The molecule has 1 saturated carbocycles. The SMILES string of the molecule is CNCCC(=O)Nc1ccc2oc(C3CC3)nc2c1.Cl. The van der Waals surface area contributed by atoms with Crippen LogP contribution < -0.4 is 10.6 Å². The number of carbonyl (C=O) groups excluding carboxylic acids is 1. The van der Waals surface area contributed by atoms with Gasteiger partial charge in [0.2, 0.25) is 5.91 Å². The fourth-order valence-electron chi connectivity index (χ4n) is 1.99. The number of nitrogens with one attached hydrogen (secondary N) is 2. The number of amides is 1. The molecule has 2 aromatic rings. The highest BCUT2D eigenvalue weighted by molar-refractivity contribution is 5.92. The molecule has 0 saturated heterocycles. The second-order valence-electron chi connectivity index (χ2n) is 4.91. The highest BCUT2D eigenvalue weighted by atomic mass is 35.5. The fourth-order valence-corrected chi connectivity index (χ4v) is 1.99. The van der Waals surface area contributed by atoms with E-state index in [4.69, 9.17) is 4.42 Å². The molecule has 1 amide bonds. The molecular weight excluding hydrogens is 278 g/mol. The van der Waals surface area contributed by atoms with Crippen molar-refractivity contribution in [3.63, 3.8) is 0 Å². The van der Waals surface area contributed by atoms with Gasteiger partial charge in [-0.25, -0.2) is 4.98 Å². The van der Waals surface area contributed by atoms with E-state index in [2.05, 4.69) is 15.6 Å². The van der Waals surface area contributed by atoms with Gasteiger partial charge >= 0.3 is 0 Å². The Labute approximate surface area is 123 Å². The Hall–Kier alpha value is -1.59. The summed E-state index contributed by atoms with van der Waals surface area (Å²) in [5.41, 5.74) is 2.37. The Morgan fingerprint density at radius 2 is 2.25 bits per heavy atom. The van der Waals surface area contributed by atoms with E-state index < -0.39 is 0 Å². The van der Waals surface area contributed by atoms with Crippen molar-refractivity contribution in [1.82, 2.24) is 10.3 Å². The van der Waals surface area contributed by atoms with Crippen molar-refractivity contribution in [2.45, 2.75) is 25.2 Å². The summed E-state index contributed by atoms with van der Waals surface area (Å²) < 4.78 is 5.68. The van der Waals surface area contributed by atoms with E-state index in [1.54, 1.807) is 0 Å². The molecule has 1 fully saturated rings. The average Bonchev–Trinajstić information content (AvgIpc) is 3.16. The minimum Gasteiger partial charge on any atom is -0.440 e. The zero-order chi connectivity index (χ0) is 13.2. The molecule has 0 aliphatic heterocycles. The third-order valence-corrected chi connectivity index (χ3v) is 3.22. The van der Waals surface area contributed by atoms with Crippen molar-refractivity contribution in [2.75, 3.05) is 18.9 Å². The summed E-state index contributed by atoms with van der Waals surface area (Å²) in [6.45, 7) is 0.671. The summed E-state index contributed by atoms with van der Waals surface area (Å²) in [5, 5.41) is 5.81. The van der Waals surface area contributed by atoms with Gasteiger partial charge in [0.1, 0.15) is 5.52 Å². The molecule has 1 aromatic heterocycles. The number of fused-ring (bicyclic) bond motifs is 1. The van der Waals surface area contributed by atoms with E-state index in [0.717, 1.165) is 22.7 Å². The molecule has 0 unspecified atom stereocenters. The molecule has 0 bridgehead atoms. The Bertz CT molecular complexity index is 607. The predicted molar refractivity (Wildman–Crippen MR) is 80.4 cm³/mol. The molecular formula is C14H18ClN3O2. The Balaban J connectivity index is 0.00000147. The Morgan fingerprint density at radius 1 is 1.45 bits per heavy atom. The van der Waals surface area contributed by atoms with Crippen LogP contribution in [0.5, 0.6) is 0 Å². The van der Waals surface area contributed by atoms with E-state index in [-0.39, 0.29) is 18.3 Å². The lowest BCUT2D eigenvalue weighted by molar-refractivity contribution is -0.116. The number of nitrogens with zero attached hydrogens (tertiary/aromatic N) is 1. The zero-order valence-corrected chi connectivity index (χ0v) is 12.1. The number of oxazole rings is 1. The average molecular weight is 296 g/mol. The van der Waals surface area contributed by atoms with E-state index in [0.29, 0.717) is 18.9 Å². The van der Waals surface area contributed by atoms with Crippen LogP contribution >= 0.6 is 12.4 Å². The quantitative estimate of drug-likeness (QED) is 0.890. The summed E-state index contributed by atoms with van der Waals surface area (Å²) in [6.07, 6.45) is 2.79. The summed E-state index contributed by atoms with van der Waals surface area (Å²) in [7, 11) is 1.83. The molecule has 2 N–H and O–H groups in total. The maximum Gasteiger partial charge on any atom is 0.225 e. The lowest BCUT2D eigenvalue weighted by Crippen LogP contribution is -2.18. The second-order valence-corrected chi connectivity index (χ2v) is 4.91. The first kappa shape index (κ1) is 14.8. The topological polar surface area (TPSA) is 67.2 Å². The van der Waals surface area contributed by atoms with Crippen molar-refractivity contribution >= 4 is 35.1 Å². The normalized spacial score (nSPS) is 14.1. The Morgan fingerprint density at radius 3 is 2.95 bits per heavy atom. The van der Waals surface area contributed by atoms with Gasteiger partial charge in [-0.05, 0) is 38.1 Å². The number of benzene rings is 1. The van der Waals surface area contributed by atoms with Crippen molar-refractivity contribution in [2.24, 2.45) is 0 Å². The summed E-state index contributed by atoms with van der Waals surface area (Å²) in [6, 6.07) is 5.57. The largest absolute Gasteiger partial charge is 0.440 e. The first-order valence-corrected chi connectivity index (χ1v) is 6.61. The number of anilines is 1. The van der Waals surface area contributed by atoms with Gasteiger partial charge in [0.25, 0.3) is 0 Å².